The second-order valence-corrected chi connectivity index (χ2v) is 5.62. The van der Waals surface area contributed by atoms with E-state index < -0.39 is 11.8 Å². The molecule has 0 unspecified atom stereocenters. The average Bonchev–Trinajstić information content (AvgIpc) is 2.66. The van der Waals surface area contributed by atoms with Gasteiger partial charge >= 0.3 is 11.8 Å². The molecule has 0 aliphatic heterocycles. The minimum atomic E-state index is -0.835. The Labute approximate surface area is 158 Å². The van der Waals surface area contributed by atoms with Crippen molar-refractivity contribution in [3.63, 3.8) is 0 Å². The maximum atomic E-state index is 11.9. The minimum Gasteiger partial charge on any atom is -0.506 e. The molecule has 7 heteroatoms. The molecule has 2 rings (SSSR count). The first-order chi connectivity index (χ1) is 13.0. The smallest absolute Gasteiger partial charge is 0.313 e. The molecule has 0 aromatic heterocycles. The van der Waals surface area contributed by atoms with Crippen LogP contribution in [0.3, 0.4) is 0 Å². The molecule has 2 amide bonds. The zero-order valence-corrected chi connectivity index (χ0v) is 15.5. The van der Waals surface area contributed by atoms with Crippen molar-refractivity contribution in [3.8, 4) is 17.2 Å². The summed E-state index contributed by atoms with van der Waals surface area (Å²) < 4.78 is 11.1. The van der Waals surface area contributed by atoms with E-state index >= 15 is 0 Å². The summed E-state index contributed by atoms with van der Waals surface area (Å²) in [6.07, 6.45) is 0.530. The molecule has 0 aliphatic rings. The maximum Gasteiger partial charge on any atom is 0.313 e. The molecular formula is C20H24N2O5. The molecule has 27 heavy (non-hydrogen) atoms. The van der Waals surface area contributed by atoms with Gasteiger partial charge in [0, 0.05) is 6.54 Å². The summed E-state index contributed by atoms with van der Waals surface area (Å²) in [5.74, 6) is -0.376. The van der Waals surface area contributed by atoms with Crippen LogP contribution in [0.25, 0.3) is 0 Å². The van der Waals surface area contributed by atoms with Crippen LogP contribution in [0.1, 0.15) is 19.4 Å². The van der Waals surface area contributed by atoms with E-state index in [0.717, 1.165) is 5.56 Å². The Bertz CT molecular complexity index is 792. The third-order valence-corrected chi connectivity index (χ3v) is 3.67. The molecule has 0 fully saturated rings. The predicted octanol–water partition coefficient (Wildman–Crippen LogP) is 2.49. The molecule has 0 heterocycles. The number of hydrogen-bond donors (Lipinski definition) is 3. The number of hydrogen-bond acceptors (Lipinski definition) is 5. The second-order valence-electron chi connectivity index (χ2n) is 5.62. The van der Waals surface area contributed by atoms with Crippen LogP contribution in [-0.4, -0.2) is 36.7 Å². The van der Waals surface area contributed by atoms with Crippen LogP contribution < -0.4 is 20.1 Å². The lowest BCUT2D eigenvalue weighted by molar-refractivity contribution is -0.136. The van der Waals surface area contributed by atoms with Gasteiger partial charge in [-0.3, -0.25) is 9.59 Å². The average molecular weight is 372 g/mol. The van der Waals surface area contributed by atoms with E-state index in [1.807, 2.05) is 32.0 Å². The zero-order chi connectivity index (χ0) is 19.6. The van der Waals surface area contributed by atoms with Crippen LogP contribution in [0.2, 0.25) is 0 Å². The van der Waals surface area contributed by atoms with Crippen molar-refractivity contribution >= 4 is 17.5 Å². The van der Waals surface area contributed by atoms with Gasteiger partial charge < -0.3 is 25.2 Å². The number of nitrogens with one attached hydrogen (secondary N) is 2. The maximum absolute atomic E-state index is 11.9. The summed E-state index contributed by atoms with van der Waals surface area (Å²) in [5, 5.41) is 14.6. The van der Waals surface area contributed by atoms with Crippen LogP contribution in [-0.2, 0) is 16.0 Å². The molecule has 144 valence electrons. The number of phenols is 1. The van der Waals surface area contributed by atoms with Gasteiger partial charge in [0.25, 0.3) is 0 Å². The van der Waals surface area contributed by atoms with Crippen molar-refractivity contribution in [2.24, 2.45) is 0 Å². The molecule has 0 spiro atoms. The lowest BCUT2D eigenvalue weighted by Crippen LogP contribution is -2.36. The summed E-state index contributed by atoms with van der Waals surface area (Å²) in [5.41, 5.74) is 1.13. The van der Waals surface area contributed by atoms with Crippen molar-refractivity contribution in [1.29, 1.82) is 0 Å². The monoisotopic (exact) mass is 372 g/mol. The normalized spacial score (nSPS) is 10.1. The first kappa shape index (κ1) is 20.1. The number of benzene rings is 2. The molecule has 0 saturated carbocycles. The molecule has 0 aliphatic carbocycles. The fourth-order valence-corrected chi connectivity index (χ4v) is 2.41. The molecule has 0 saturated heterocycles. The highest BCUT2D eigenvalue weighted by Crippen LogP contribution is 2.28. The predicted molar refractivity (Wildman–Crippen MR) is 102 cm³/mol. The summed E-state index contributed by atoms with van der Waals surface area (Å²) in [6, 6.07) is 11.8. The lowest BCUT2D eigenvalue weighted by Gasteiger charge is -2.12. The fourth-order valence-electron chi connectivity index (χ4n) is 2.41. The highest BCUT2D eigenvalue weighted by atomic mass is 16.5. The van der Waals surface area contributed by atoms with Gasteiger partial charge in [0.05, 0.1) is 18.9 Å². The van der Waals surface area contributed by atoms with Crippen molar-refractivity contribution in [3.05, 3.63) is 48.0 Å². The third kappa shape index (κ3) is 5.91. The molecule has 7 nitrogen and oxygen atoms in total. The lowest BCUT2D eigenvalue weighted by atomic mass is 10.1. The minimum absolute atomic E-state index is 0.100. The Morgan fingerprint density at radius 1 is 0.963 bits per heavy atom. The number of aromatic hydroxyl groups is 1. The largest absolute Gasteiger partial charge is 0.506 e. The van der Waals surface area contributed by atoms with Gasteiger partial charge in [-0.25, -0.2) is 0 Å². The van der Waals surface area contributed by atoms with Crippen molar-refractivity contribution in [1.82, 2.24) is 5.32 Å². The summed E-state index contributed by atoms with van der Waals surface area (Å²) in [6.45, 7) is 5.14. The van der Waals surface area contributed by atoms with E-state index in [1.54, 1.807) is 12.1 Å². The first-order valence-electron chi connectivity index (χ1n) is 8.80. The Kier molecular flexibility index (Phi) is 7.49. The van der Waals surface area contributed by atoms with E-state index in [-0.39, 0.29) is 18.0 Å². The molecule has 0 atom stereocenters. The highest BCUT2D eigenvalue weighted by Gasteiger charge is 2.15. The Morgan fingerprint density at radius 2 is 1.67 bits per heavy atom. The summed E-state index contributed by atoms with van der Waals surface area (Å²) in [7, 11) is 0. The van der Waals surface area contributed by atoms with E-state index in [0.29, 0.717) is 31.1 Å². The zero-order valence-electron chi connectivity index (χ0n) is 15.5. The quantitative estimate of drug-likeness (QED) is 0.489. The number of carbonyl (C=O) groups is 2. The van der Waals surface area contributed by atoms with E-state index in [4.69, 9.17) is 9.47 Å². The fraction of sp³-hybridized carbons (Fsp3) is 0.300. The van der Waals surface area contributed by atoms with Crippen LogP contribution in [0, 0.1) is 0 Å². The van der Waals surface area contributed by atoms with Crippen LogP contribution in [0.15, 0.2) is 42.5 Å². The number of rotatable bonds is 8. The van der Waals surface area contributed by atoms with Crippen molar-refractivity contribution in [2.45, 2.75) is 20.3 Å². The number of para-hydroxylation sites is 2. The van der Waals surface area contributed by atoms with Gasteiger partial charge in [-0.2, -0.15) is 0 Å². The van der Waals surface area contributed by atoms with E-state index in [1.165, 1.54) is 12.1 Å². The van der Waals surface area contributed by atoms with Crippen LogP contribution in [0.4, 0.5) is 5.69 Å². The summed E-state index contributed by atoms with van der Waals surface area (Å²) in [4.78, 5) is 23.8. The Balaban J connectivity index is 1.88. The van der Waals surface area contributed by atoms with Crippen LogP contribution in [0.5, 0.6) is 17.2 Å². The van der Waals surface area contributed by atoms with Gasteiger partial charge in [-0.15, -0.1) is 0 Å². The molecule has 2 aromatic carbocycles. The van der Waals surface area contributed by atoms with Gasteiger partial charge in [0.2, 0.25) is 0 Å². The number of anilines is 1. The second kappa shape index (κ2) is 10.1. The van der Waals surface area contributed by atoms with E-state index in [9.17, 15) is 14.7 Å². The number of amides is 2. The third-order valence-electron chi connectivity index (χ3n) is 3.67. The summed E-state index contributed by atoms with van der Waals surface area (Å²) >= 11 is 0. The SMILES string of the molecule is CCOc1ccc(CCNC(=O)C(=O)Nc2ccccc2O)cc1OCC. The molecule has 0 radical (unpaired) electrons. The number of ether oxygens (including phenoxy) is 2. The molecule has 2 aromatic rings. The molecule has 0 bridgehead atoms. The van der Waals surface area contributed by atoms with Crippen molar-refractivity contribution < 1.29 is 24.2 Å². The first-order valence-corrected chi connectivity index (χ1v) is 8.80. The standard InChI is InChI=1S/C20H24N2O5/c1-3-26-17-10-9-14(13-18(17)27-4-2)11-12-21-19(24)20(25)22-15-7-5-6-8-16(15)23/h5-10,13,23H,3-4,11-12H2,1-2H3,(H,21,24)(H,22,25). The topological polar surface area (TPSA) is 96.9 Å². The van der Waals surface area contributed by atoms with Gasteiger partial charge in [-0.1, -0.05) is 18.2 Å². The van der Waals surface area contributed by atoms with Gasteiger partial charge in [0.1, 0.15) is 5.75 Å². The molecular weight excluding hydrogens is 348 g/mol. The Hall–Kier alpha value is -3.22. The van der Waals surface area contributed by atoms with Gasteiger partial charge in [0.15, 0.2) is 11.5 Å². The van der Waals surface area contributed by atoms with Crippen molar-refractivity contribution in [2.75, 3.05) is 25.1 Å². The van der Waals surface area contributed by atoms with E-state index in [2.05, 4.69) is 10.6 Å². The molecule has 3 N–H and O–H groups in total. The van der Waals surface area contributed by atoms with Crippen LogP contribution >= 0.6 is 0 Å². The highest BCUT2D eigenvalue weighted by molar-refractivity contribution is 6.39. The Morgan fingerprint density at radius 3 is 2.37 bits per heavy atom. The van der Waals surface area contributed by atoms with Gasteiger partial charge in [-0.05, 0) is 50.1 Å². The number of phenolic OH excluding ortho intramolecular Hbond substituents is 1. The number of carbonyl (C=O) groups excluding carboxylic acids is 2.